The number of rotatable bonds is 5. The Balaban J connectivity index is 1.42. The second-order valence-corrected chi connectivity index (χ2v) is 8.31. The van der Waals surface area contributed by atoms with E-state index in [1.54, 1.807) is 0 Å². The Bertz CT molecular complexity index is 652. The zero-order valence-electron chi connectivity index (χ0n) is 17.4. The summed E-state index contributed by atoms with van der Waals surface area (Å²) in [6, 6.07) is 11.8. The summed E-state index contributed by atoms with van der Waals surface area (Å²) in [5.74, 6) is 1.06. The van der Waals surface area contributed by atoms with Crippen molar-refractivity contribution in [2.75, 3.05) is 52.9 Å². The molecule has 3 unspecified atom stereocenters. The monoisotopic (exact) mass is 385 g/mol. The highest BCUT2D eigenvalue weighted by molar-refractivity contribution is 5.80. The first-order valence-electron chi connectivity index (χ1n) is 10.9. The second kappa shape index (κ2) is 9.25. The molecule has 0 saturated carbocycles. The van der Waals surface area contributed by atoms with Crippen molar-refractivity contribution in [3.63, 3.8) is 0 Å². The Morgan fingerprint density at radius 2 is 2.07 bits per heavy atom. The normalized spacial score (nSPS) is 29.3. The van der Waals surface area contributed by atoms with E-state index in [0.717, 1.165) is 51.8 Å². The molecule has 1 aromatic rings. The lowest BCUT2D eigenvalue weighted by molar-refractivity contribution is -0.0502. The fraction of sp³-hybridized carbons (Fsp3) is 0.682. The Hall–Kier alpha value is -1.63. The molecule has 0 radical (unpaired) electrons. The fourth-order valence-corrected chi connectivity index (χ4v) is 4.77. The molecule has 0 aliphatic carbocycles. The van der Waals surface area contributed by atoms with Gasteiger partial charge < -0.3 is 19.9 Å². The molecule has 3 saturated heterocycles. The summed E-state index contributed by atoms with van der Waals surface area (Å²) >= 11 is 0. The molecule has 6 nitrogen and oxygen atoms in total. The molecular weight excluding hydrogens is 350 g/mol. The second-order valence-electron chi connectivity index (χ2n) is 8.31. The topological polar surface area (TPSA) is 43.3 Å². The molecule has 154 valence electrons. The maximum Gasteiger partial charge on any atom is 0.194 e. The number of guanidine groups is 1. The predicted octanol–water partition coefficient (Wildman–Crippen LogP) is 1.63. The Morgan fingerprint density at radius 3 is 2.82 bits per heavy atom. The number of ether oxygens (including phenoxy) is 1. The number of fused-ring (bicyclic) bond motifs is 1. The average Bonchev–Trinajstić information content (AvgIpc) is 3.33. The zero-order valence-corrected chi connectivity index (χ0v) is 17.4. The van der Waals surface area contributed by atoms with Gasteiger partial charge in [0.1, 0.15) is 0 Å². The van der Waals surface area contributed by atoms with Gasteiger partial charge in [-0.25, -0.2) is 0 Å². The molecule has 6 heteroatoms. The first-order valence-corrected chi connectivity index (χ1v) is 10.9. The minimum Gasteiger partial charge on any atom is -0.373 e. The molecule has 0 bridgehead atoms. The van der Waals surface area contributed by atoms with E-state index in [4.69, 9.17) is 9.73 Å². The molecule has 28 heavy (non-hydrogen) atoms. The third-order valence-electron chi connectivity index (χ3n) is 6.40. The molecule has 3 atom stereocenters. The molecule has 0 spiro atoms. The number of aliphatic imine (C=N–C) groups is 1. The van der Waals surface area contributed by atoms with E-state index < -0.39 is 0 Å². The lowest BCUT2D eigenvalue weighted by Crippen LogP contribution is -2.50. The van der Waals surface area contributed by atoms with Crippen LogP contribution in [0.1, 0.15) is 25.3 Å². The van der Waals surface area contributed by atoms with Crippen molar-refractivity contribution >= 4 is 5.96 Å². The van der Waals surface area contributed by atoms with Gasteiger partial charge in [0.05, 0.1) is 25.3 Å². The van der Waals surface area contributed by atoms with Crippen LogP contribution in [0, 0.1) is 0 Å². The highest BCUT2D eigenvalue weighted by atomic mass is 16.5. The summed E-state index contributed by atoms with van der Waals surface area (Å²) in [5.41, 5.74) is 1.38. The van der Waals surface area contributed by atoms with E-state index in [9.17, 15) is 0 Å². The van der Waals surface area contributed by atoms with Gasteiger partial charge in [-0.05, 0) is 38.9 Å². The smallest absolute Gasteiger partial charge is 0.194 e. The summed E-state index contributed by atoms with van der Waals surface area (Å²) in [5, 5.41) is 3.52. The van der Waals surface area contributed by atoms with Crippen molar-refractivity contribution in [2.45, 2.75) is 44.5 Å². The van der Waals surface area contributed by atoms with Gasteiger partial charge in [-0.1, -0.05) is 30.3 Å². The molecule has 4 rings (SSSR count). The van der Waals surface area contributed by atoms with Gasteiger partial charge in [0.25, 0.3) is 0 Å². The largest absolute Gasteiger partial charge is 0.373 e. The van der Waals surface area contributed by atoms with Gasteiger partial charge in [0, 0.05) is 38.8 Å². The molecule has 3 fully saturated rings. The summed E-state index contributed by atoms with van der Waals surface area (Å²) in [6.07, 6.45) is 2.83. The van der Waals surface area contributed by atoms with Crippen LogP contribution in [0.15, 0.2) is 35.3 Å². The van der Waals surface area contributed by atoms with Crippen LogP contribution in [-0.2, 0) is 11.3 Å². The van der Waals surface area contributed by atoms with Gasteiger partial charge in [0.15, 0.2) is 5.96 Å². The summed E-state index contributed by atoms with van der Waals surface area (Å²) < 4.78 is 6.15. The molecular formula is C22H35N5O. The Kier molecular flexibility index (Phi) is 6.50. The van der Waals surface area contributed by atoms with Crippen molar-refractivity contribution in [3.8, 4) is 0 Å². The van der Waals surface area contributed by atoms with Crippen molar-refractivity contribution in [1.82, 2.24) is 20.0 Å². The number of benzene rings is 1. The van der Waals surface area contributed by atoms with Gasteiger partial charge >= 0.3 is 0 Å². The van der Waals surface area contributed by atoms with Crippen molar-refractivity contribution < 1.29 is 4.74 Å². The van der Waals surface area contributed by atoms with E-state index in [-0.39, 0.29) is 6.10 Å². The van der Waals surface area contributed by atoms with Crippen LogP contribution < -0.4 is 5.32 Å². The number of hydrogen-bond acceptors (Lipinski definition) is 4. The molecule has 3 aliphatic rings. The molecule has 3 heterocycles. The fourth-order valence-electron chi connectivity index (χ4n) is 4.77. The van der Waals surface area contributed by atoms with Crippen LogP contribution >= 0.6 is 0 Å². The number of hydrogen-bond donors (Lipinski definition) is 1. The van der Waals surface area contributed by atoms with Gasteiger partial charge in [-0.2, -0.15) is 0 Å². The van der Waals surface area contributed by atoms with Gasteiger partial charge in [0.2, 0.25) is 0 Å². The Morgan fingerprint density at radius 1 is 1.21 bits per heavy atom. The van der Waals surface area contributed by atoms with Crippen LogP contribution in [0.25, 0.3) is 0 Å². The van der Waals surface area contributed by atoms with E-state index in [1.807, 2.05) is 0 Å². The highest BCUT2D eigenvalue weighted by Gasteiger charge is 2.41. The molecule has 1 N–H and O–H groups in total. The molecule has 0 amide bonds. The van der Waals surface area contributed by atoms with E-state index >= 15 is 0 Å². The van der Waals surface area contributed by atoms with Crippen molar-refractivity contribution in [1.29, 1.82) is 0 Å². The number of nitrogens with zero attached hydrogens (tertiary/aromatic N) is 4. The molecule has 3 aliphatic heterocycles. The Labute approximate surface area is 169 Å². The third kappa shape index (κ3) is 4.50. The number of likely N-dealkylation sites (N-methyl/N-ethyl adjacent to an activating group) is 1. The standard InChI is InChI=1S/C22H35N5O/c1-3-23-22(24-14-19-10-7-11-25(19)2)27-16-20-21(17-27)28-13-12-26(20)15-18-8-5-4-6-9-18/h4-6,8-9,19-21H,3,7,10-17H2,1-2H3,(H,23,24). The van der Waals surface area contributed by atoms with Crippen LogP contribution in [0.2, 0.25) is 0 Å². The molecule has 1 aromatic carbocycles. The number of nitrogens with one attached hydrogen (secondary N) is 1. The van der Waals surface area contributed by atoms with Crippen molar-refractivity contribution in [2.24, 2.45) is 4.99 Å². The maximum absolute atomic E-state index is 6.15. The van der Waals surface area contributed by atoms with E-state index in [0.29, 0.717) is 12.1 Å². The minimum atomic E-state index is 0.274. The SMILES string of the molecule is CCNC(=NCC1CCCN1C)N1CC2OCCN(Cc3ccccc3)C2C1. The van der Waals surface area contributed by atoms with Crippen LogP contribution in [-0.4, -0.2) is 91.8 Å². The van der Waals surface area contributed by atoms with Crippen LogP contribution in [0.3, 0.4) is 0 Å². The first-order chi connectivity index (χ1) is 13.7. The number of likely N-dealkylation sites (tertiary alicyclic amines) is 2. The van der Waals surface area contributed by atoms with Crippen LogP contribution in [0.5, 0.6) is 0 Å². The minimum absolute atomic E-state index is 0.274. The molecule has 0 aromatic heterocycles. The maximum atomic E-state index is 6.15. The quantitative estimate of drug-likeness (QED) is 0.617. The summed E-state index contributed by atoms with van der Waals surface area (Å²) in [7, 11) is 2.22. The van der Waals surface area contributed by atoms with E-state index in [2.05, 4.69) is 64.3 Å². The first kappa shape index (κ1) is 19.7. The van der Waals surface area contributed by atoms with E-state index in [1.165, 1.54) is 24.9 Å². The highest BCUT2D eigenvalue weighted by Crippen LogP contribution is 2.25. The lowest BCUT2D eigenvalue weighted by atomic mass is 10.1. The lowest BCUT2D eigenvalue weighted by Gasteiger charge is -2.36. The predicted molar refractivity (Wildman–Crippen MR) is 114 cm³/mol. The summed E-state index contributed by atoms with van der Waals surface area (Å²) in [6.45, 7) is 9.89. The average molecular weight is 386 g/mol. The van der Waals surface area contributed by atoms with Gasteiger partial charge in [-0.15, -0.1) is 0 Å². The van der Waals surface area contributed by atoms with Crippen LogP contribution in [0.4, 0.5) is 0 Å². The van der Waals surface area contributed by atoms with Gasteiger partial charge in [-0.3, -0.25) is 9.89 Å². The summed E-state index contributed by atoms with van der Waals surface area (Å²) in [4.78, 5) is 12.5. The van der Waals surface area contributed by atoms with Crippen molar-refractivity contribution in [3.05, 3.63) is 35.9 Å². The third-order valence-corrected chi connectivity index (χ3v) is 6.40. The zero-order chi connectivity index (χ0) is 19.3. The number of morpholine rings is 1.